The average molecular weight is 334 g/mol. The second-order valence-corrected chi connectivity index (χ2v) is 7.25. The first-order valence-corrected chi connectivity index (χ1v) is 8.88. The molecular weight excluding hydrogens is 314 g/mol. The molecule has 5 nitrogen and oxygen atoms in total. The van der Waals surface area contributed by atoms with E-state index in [1.165, 1.54) is 4.31 Å². The molecule has 21 heavy (non-hydrogen) atoms. The maximum atomic E-state index is 12.6. The minimum atomic E-state index is -3.48. The van der Waals surface area contributed by atoms with Crippen LogP contribution >= 0.6 is 11.6 Å². The van der Waals surface area contributed by atoms with E-state index >= 15 is 0 Å². The Balaban J connectivity index is 2.10. The molecule has 1 aromatic carbocycles. The lowest BCUT2D eigenvalue weighted by molar-refractivity contribution is 0.0632. The van der Waals surface area contributed by atoms with Crippen LogP contribution in [0.5, 0.6) is 5.75 Å². The van der Waals surface area contributed by atoms with Crippen LogP contribution in [0.3, 0.4) is 0 Å². The maximum absolute atomic E-state index is 12.6. The number of hydrogen-bond donors (Lipinski definition) is 0. The van der Waals surface area contributed by atoms with Crippen LogP contribution in [0.4, 0.5) is 0 Å². The summed E-state index contributed by atoms with van der Waals surface area (Å²) in [6, 6.07) is 6.42. The van der Waals surface area contributed by atoms with Gasteiger partial charge in [-0.15, -0.1) is 11.6 Å². The molecule has 0 spiro atoms. The second-order valence-electron chi connectivity index (χ2n) is 4.87. The molecule has 7 heteroatoms. The van der Waals surface area contributed by atoms with Crippen molar-refractivity contribution >= 4 is 21.6 Å². The SMILES string of the molecule is CN(C1CCOCC1)S(=O)(=O)c1ccc(OCCCl)cc1. The molecule has 1 aliphatic rings. The fourth-order valence-corrected chi connectivity index (χ4v) is 3.77. The quantitative estimate of drug-likeness (QED) is 0.748. The molecule has 0 bridgehead atoms. The summed E-state index contributed by atoms with van der Waals surface area (Å²) in [6.45, 7) is 1.61. The summed E-state index contributed by atoms with van der Waals surface area (Å²) in [5.41, 5.74) is 0. The van der Waals surface area contributed by atoms with Crippen molar-refractivity contribution in [2.45, 2.75) is 23.8 Å². The molecule has 0 aliphatic carbocycles. The van der Waals surface area contributed by atoms with Gasteiger partial charge < -0.3 is 9.47 Å². The smallest absolute Gasteiger partial charge is 0.243 e. The van der Waals surface area contributed by atoms with E-state index in [4.69, 9.17) is 21.1 Å². The van der Waals surface area contributed by atoms with Gasteiger partial charge in [-0.05, 0) is 37.1 Å². The van der Waals surface area contributed by atoms with E-state index in [9.17, 15) is 8.42 Å². The molecule has 118 valence electrons. The fourth-order valence-electron chi connectivity index (χ4n) is 2.28. The number of sulfonamides is 1. The number of ether oxygens (including phenoxy) is 2. The van der Waals surface area contributed by atoms with Gasteiger partial charge in [-0.3, -0.25) is 0 Å². The van der Waals surface area contributed by atoms with Gasteiger partial charge in [0.05, 0.1) is 10.8 Å². The zero-order chi connectivity index (χ0) is 15.3. The maximum Gasteiger partial charge on any atom is 0.243 e. The van der Waals surface area contributed by atoms with Gasteiger partial charge in [-0.1, -0.05) is 0 Å². The summed E-state index contributed by atoms with van der Waals surface area (Å²) in [6.07, 6.45) is 1.46. The predicted molar refractivity (Wildman–Crippen MR) is 81.4 cm³/mol. The second kappa shape index (κ2) is 7.45. The topological polar surface area (TPSA) is 55.8 Å². The first kappa shape index (κ1) is 16.5. The van der Waals surface area contributed by atoms with Crippen molar-refractivity contribution in [2.75, 3.05) is 32.7 Å². The summed E-state index contributed by atoms with van der Waals surface area (Å²) < 4.78 is 37.2. The molecule has 1 saturated heterocycles. The number of nitrogens with zero attached hydrogens (tertiary/aromatic N) is 1. The Bertz CT molecular complexity index is 541. The standard InChI is InChI=1S/C14H20ClNO4S/c1-16(12-6-9-19-10-7-12)21(17,18)14-4-2-13(3-5-14)20-11-8-15/h2-5,12H,6-11H2,1H3. The highest BCUT2D eigenvalue weighted by Crippen LogP contribution is 2.23. The molecule has 1 heterocycles. The number of benzene rings is 1. The Morgan fingerprint density at radius 1 is 1.29 bits per heavy atom. The molecule has 2 rings (SSSR count). The van der Waals surface area contributed by atoms with E-state index in [2.05, 4.69) is 0 Å². The van der Waals surface area contributed by atoms with Crippen LogP contribution in [0.2, 0.25) is 0 Å². The highest BCUT2D eigenvalue weighted by atomic mass is 35.5. The molecule has 1 fully saturated rings. The van der Waals surface area contributed by atoms with Gasteiger partial charge >= 0.3 is 0 Å². The first-order valence-electron chi connectivity index (χ1n) is 6.90. The van der Waals surface area contributed by atoms with Gasteiger partial charge in [0.25, 0.3) is 0 Å². The van der Waals surface area contributed by atoms with Gasteiger partial charge in [-0.2, -0.15) is 4.31 Å². The van der Waals surface area contributed by atoms with E-state index in [0.717, 1.165) is 12.8 Å². The highest BCUT2D eigenvalue weighted by Gasteiger charge is 2.29. The minimum absolute atomic E-state index is 0.00377. The van der Waals surface area contributed by atoms with Crippen LogP contribution in [0.25, 0.3) is 0 Å². The molecule has 0 N–H and O–H groups in total. The molecule has 0 aromatic heterocycles. The Labute approximate surface area is 130 Å². The van der Waals surface area contributed by atoms with Crippen LogP contribution in [0.1, 0.15) is 12.8 Å². The number of alkyl halides is 1. The summed E-state index contributed by atoms with van der Waals surface area (Å²) >= 11 is 5.55. The van der Waals surface area contributed by atoms with Crippen molar-refractivity contribution < 1.29 is 17.9 Å². The van der Waals surface area contributed by atoms with Crippen LogP contribution in [0, 0.1) is 0 Å². The van der Waals surface area contributed by atoms with Crippen molar-refractivity contribution in [2.24, 2.45) is 0 Å². The van der Waals surface area contributed by atoms with Gasteiger partial charge in [0.15, 0.2) is 0 Å². The third-order valence-corrected chi connectivity index (χ3v) is 5.63. The largest absolute Gasteiger partial charge is 0.492 e. The van der Waals surface area contributed by atoms with Gasteiger partial charge in [0, 0.05) is 26.3 Å². The number of rotatable bonds is 6. The third-order valence-electron chi connectivity index (χ3n) is 3.55. The lowest BCUT2D eigenvalue weighted by Gasteiger charge is -2.30. The zero-order valence-corrected chi connectivity index (χ0v) is 13.6. The van der Waals surface area contributed by atoms with Crippen molar-refractivity contribution in [3.05, 3.63) is 24.3 Å². The molecule has 0 radical (unpaired) electrons. The van der Waals surface area contributed by atoms with Crippen molar-refractivity contribution in [1.29, 1.82) is 0 Å². The van der Waals surface area contributed by atoms with Gasteiger partial charge in [0.2, 0.25) is 10.0 Å². The lowest BCUT2D eigenvalue weighted by atomic mass is 10.1. The monoisotopic (exact) mass is 333 g/mol. The predicted octanol–water partition coefficient (Wildman–Crippen LogP) is 2.10. The van der Waals surface area contributed by atoms with Crippen molar-refractivity contribution in [3.63, 3.8) is 0 Å². The van der Waals surface area contributed by atoms with Gasteiger partial charge in [0.1, 0.15) is 12.4 Å². The Kier molecular flexibility index (Phi) is 5.87. The van der Waals surface area contributed by atoms with E-state index in [1.807, 2.05) is 0 Å². The first-order chi connectivity index (χ1) is 10.1. The Morgan fingerprint density at radius 3 is 2.48 bits per heavy atom. The number of halogens is 1. The van der Waals surface area contributed by atoms with Crippen LogP contribution in [0.15, 0.2) is 29.2 Å². The normalized spacial score (nSPS) is 17.1. The van der Waals surface area contributed by atoms with Crippen molar-refractivity contribution in [3.8, 4) is 5.75 Å². The molecule has 0 amide bonds. The minimum Gasteiger partial charge on any atom is -0.492 e. The molecule has 0 unspecified atom stereocenters. The van der Waals surface area contributed by atoms with Crippen LogP contribution in [-0.4, -0.2) is 51.5 Å². The van der Waals surface area contributed by atoms with E-state index in [0.29, 0.717) is 31.5 Å². The van der Waals surface area contributed by atoms with E-state index < -0.39 is 10.0 Å². The Morgan fingerprint density at radius 2 is 1.90 bits per heavy atom. The summed E-state index contributed by atoms with van der Waals surface area (Å²) in [7, 11) is -1.85. The van der Waals surface area contributed by atoms with Gasteiger partial charge in [-0.25, -0.2) is 8.42 Å². The molecule has 1 aliphatic heterocycles. The van der Waals surface area contributed by atoms with E-state index in [1.54, 1.807) is 31.3 Å². The lowest BCUT2D eigenvalue weighted by Crippen LogP contribution is -2.40. The zero-order valence-electron chi connectivity index (χ0n) is 12.0. The number of hydrogen-bond acceptors (Lipinski definition) is 4. The van der Waals surface area contributed by atoms with Crippen LogP contribution in [-0.2, 0) is 14.8 Å². The molecule has 0 atom stereocenters. The summed E-state index contributed by atoms with van der Waals surface area (Å²) in [5, 5.41) is 0. The Hall–Kier alpha value is -0.820. The van der Waals surface area contributed by atoms with Crippen molar-refractivity contribution in [1.82, 2.24) is 4.31 Å². The highest BCUT2D eigenvalue weighted by molar-refractivity contribution is 7.89. The molecular formula is C14H20ClNO4S. The fraction of sp³-hybridized carbons (Fsp3) is 0.571. The molecule has 0 saturated carbocycles. The average Bonchev–Trinajstić information content (AvgIpc) is 2.53. The van der Waals surface area contributed by atoms with Crippen LogP contribution < -0.4 is 4.74 Å². The summed E-state index contributed by atoms with van der Waals surface area (Å²) in [5.74, 6) is 1.01. The summed E-state index contributed by atoms with van der Waals surface area (Å²) in [4.78, 5) is 0.273. The third kappa shape index (κ3) is 4.10. The molecule has 1 aromatic rings. The van der Waals surface area contributed by atoms with E-state index in [-0.39, 0.29) is 10.9 Å².